The van der Waals surface area contributed by atoms with E-state index < -0.39 is 0 Å². The molecule has 0 atom stereocenters. The zero-order valence-corrected chi connectivity index (χ0v) is 9.82. The number of hydrogen-bond donors (Lipinski definition) is 6. The predicted octanol–water partition coefficient (Wildman–Crippen LogP) is 0.554. The Kier molecular flexibility index (Phi) is 38.3. The third-order valence-corrected chi connectivity index (χ3v) is 0.957. The molecule has 1 rings (SSSR count). The Morgan fingerprint density at radius 1 is 1.43 bits per heavy atom. The van der Waals surface area contributed by atoms with Crippen molar-refractivity contribution in [2.24, 2.45) is 5.73 Å². The maximum Gasteiger partial charge on any atom is 0.290 e. The molecule has 0 radical (unpaired) electrons. The van der Waals surface area contributed by atoms with Gasteiger partial charge in [0.1, 0.15) is 4.32 Å². The van der Waals surface area contributed by atoms with Crippen LogP contribution >= 0.6 is 24.8 Å². The summed E-state index contributed by atoms with van der Waals surface area (Å²) < 4.78 is 0.194. The van der Waals surface area contributed by atoms with E-state index in [0.717, 1.165) is 0 Å². The standard InChI is InChI=1S/C4H9N.CH3NS2.CH2O2.2H3N/c1-2-4-5-3-1;2-1(3)4;2-1-3;;/h5H,1-4H2;(H3,2,3,4);1H,(H,2,3);2*1H3. The normalized spacial score (nSPS) is 11.2. The summed E-state index contributed by atoms with van der Waals surface area (Å²) in [6.45, 7) is 2.25. The molecule has 8 heteroatoms. The fraction of sp³-hybridized carbons (Fsp3) is 0.667. The van der Waals surface area contributed by atoms with Crippen LogP contribution in [-0.4, -0.2) is 29.0 Å². The van der Waals surface area contributed by atoms with E-state index in [2.05, 4.69) is 30.2 Å². The first-order valence-electron chi connectivity index (χ1n) is 3.42. The highest BCUT2D eigenvalue weighted by atomic mass is 32.1. The zero-order valence-electron chi connectivity index (χ0n) is 8.11. The molecule has 0 bridgehead atoms. The summed E-state index contributed by atoms with van der Waals surface area (Å²) in [4.78, 5) is 8.36. The highest BCUT2D eigenvalue weighted by Gasteiger charge is 1.93. The molecule has 1 saturated heterocycles. The van der Waals surface area contributed by atoms with Crippen molar-refractivity contribution in [2.45, 2.75) is 12.8 Å². The van der Waals surface area contributed by atoms with Gasteiger partial charge in [-0.05, 0) is 25.9 Å². The summed E-state index contributed by atoms with van der Waals surface area (Å²) in [7, 11) is 0. The minimum Gasteiger partial charge on any atom is -0.483 e. The van der Waals surface area contributed by atoms with E-state index in [4.69, 9.17) is 15.6 Å². The van der Waals surface area contributed by atoms with Gasteiger partial charge in [0.25, 0.3) is 6.47 Å². The van der Waals surface area contributed by atoms with Crippen LogP contribution in [0.3, 0.4) is 0 Å². The van der Waals surface area contributed by atoms with E-state index in [1.165, 1.54) is 25.9 Å². The minimum atomic E-state index is -0.250. The van der Waals surface area contributed by atoms with Gasteiger partial charge in [0, 0.05) is 0 Å². The van der Waals surface area contributed by atoms with Gasteiger partial charge in [-0.15, -0.1) is 12.6 Å². The number of nitrogens with two attached hydrogens (primary N) is 1. The molecule has 1 aliphatic rings. The zero-order chi connectivity index (χ0) is 9.82. The summed E-state index contributed by atoms with van der Waals surface area (Å²) in [5, 5.41) is 10.1. The first kappa shape index (κ1) is 23.4. The lowest BCUT2D eigenvalue weighted by Crippen LogP contribution is -2.03. The molecule has 0 aliphatic carbocycles. The van der Waals surface area contributed by atoms with Crippen LogP contribution in [0.15, 0.2) is 0 Å². The van der Waals surface area contributed by atoms with Crippen molar-refractivity contribution in [3.63, 3.8) is 0 Å². The van der Waals surface area contributed by atoms with Gasteiger partial charge in [-0.25, -0.2) is 0 Å². The SMILES string of the molecule is C1CCNC1.N.N.NC(=S)S.O=CO. The van der Waals surface area contributed by atoms with E-state index in [0.29, 0.717) is 0 Å². The second kappa shape index (κ2) is 22.9. The van der Waals surface area contributed by atoms with E-state index in [9.17, 15) is 0 Å². The summed E-state index contributed by atoms with van der Waals surface area (Å²) >= 11 is 7.65. The molecule has 88 valence electrons. The smallest absolute Gasteiger partial charge is 0.290 e. The highest BCUT2D eigenvalue weighted by molar-refractivity contribution is 8.10. The van der Waals surface area contributed by atoms with Crippen LogP contribution in [0.25, 0.3) is 0 Å². The third kappa shape index (κ3) is 61.7. The van der Waals surface area contributed by atoms with Crippen LogP contribution < -0.4 is 23.4 Å². The molecule has 0 saturated carbocycles. The number of thiocarbonyl (C=S) groups is 1. The molecular formula is C6H20N4O2S2. The van der Waals surface area contributed by atoms with Gasteiger partial charge in [-0.2, -0.15) is 0 Å². The Morgan fingerprint density at radius 3 is 1.71 bits per heavy atom. The summed E-state index contributed by atoms with van der Waals surface area (Å²) in [5.74, 6) is 0. The van der Waals surface area contributed by atoms with E-state index >= 15 is 0 Å². The predicted molar refractivity (Wildman–Crippen MR) is 66.6 cm³/mol. The number of carboxylic acid groups (broad SMARTS) is 1. The Labute approximate surface area is 95.2 Å². The first-order valence-corrected chi connectivity index (χ1v) is 4.27. The summed E-state index contributed by atoms with van der Waals surface area (Å²) in [6, 6.07) is 0. The quantitative estimate of drug-likeness (QED) is 0.207. The Balaban J connectivity index is -0.0000000519. The number of thiol groups is 1. The molecule has 1 fully saturated rings. The largest absolute Gasteiger partial charge is 0.483 e. The fourth-order valence-corrected chi connectivity index (χ4v) is 0.625. The van der Waals surface area contributed by atoms with Gasteiger partial charge >= 0.3 is 0 Å². The number of rotatable bonds is 0. The highest BCUT2D eigenvalue weighted by Crippen LogP contribution is 1.90. The van der Waals surface area contributed by atoms with Gasteiger partial charge in [0.05, 0.1) is 0 Å². The van der Waals surface area contributed by atoms with Crippen LogP contribution in [0.1, 0.15) is 12.8 Å². The second-order valence-corrected chi connectivity index (χ2v) is 3.12. The van der Waals surface area contributed by atoms with Gasteiger partial charge < -0.3 is 28.5 Å². The molecule has 0 unspecified atom stereocenters. The fourth-order valence-electron chi connectivity index (χ4n) is 0.625. The van der Waals surface area contributed by atoms with Crippen LogP contribution in [0.5, 0.6) is 0 Å². The molecule has 6 nitrogen and oxygen atoms in total. The Hall–Kier alpha value is -0.410. The van der Waals surface area contributed by atoms with E-state index in [1.54, 1.807) is 0 Å². The third-order valence-electron chi connectivity index (χ3n) is 0.957. The van der Waals surface area contributed by atoms with Crippen molar-refractivity contribution in [2.75, 3.05) is 13.1 Å². The summed E-state index contributed by atoms with van der Waals surface area (Å²) in [5.41, 5.74) is 4.71. The van der Waals surface area contributed by atoms with Crippen molar-refractivity contribution in [3.05, 3.63) is 0 Å². The molecule has 1 aliphatic heterocycles. The average molecular weight is 244 g/mol. The van der Waals surface area contributed by atoms with Gasteiger partial charge in [-0.3, -0.25) is 4.79 Å². The Bertz CT molecular complexity index is 111. The van der Waals surface area contributed by atoms with Gasteiger partial charge in [0.15, 0.2) is 0 Å². The lowest BCUT2D eigenvalue weighted by Gasteiger charge is -1.76. The average Bonchev–Trinajstić information content (AvgIpc) is 2.40. The second-order valence-electron chi connectivity index (χ2n) is 1.90. The van der Waals surface area contributed by atoms with E-state index in [1.807, 2.05) is 0 Å². The minimum absolute atomic E-state index is 0. The molecule has 0 spiro atoms. The number of hydrogen-bond acceptors (Lipinski definition) is 5. The van der Waals surface area contributed by atoms with Gasteiger partial charge in [0.2, 0.25) is 0 Å². The molecule has 0 aromatic heterocycles. The van der Waals surface area contributed by atoms with Crippen molar-refractivity contribution >= 4 is 35.6 Å². The van der Waals surface area contributed by atoms with Gasteiger partial charge in [-0.1, -0.05) is 12.2 Å². The molecule has 0 amide bonds. The topological polar surface area (TPSA) is 145 Å². The van der Waals surface area contributed by atoms with Crippen LogP contribution in [0.4, 0.5) is 0 Å². The van der Waals surface area contributed by atoms with Crippen molar-refractivity contribution < 1.29 is 9.90 Å². The molecule has 1 heterocycles. The van der Waals surface area contributed by atoms with Crippen molar-refractivity contribution in [1.29, 1.82) is 0 Å². The monoisotopic (exact) mass is 244 g/mol. The van der Waals surface area contributed by atoms with Crippen LogP contribution in [0, 0.1) is 0 Å². The van der Waals surface area contributed by atoms with Crippen LogP contribution in [0.2, 0.25) is 0 Å². The number of nitrogens with one attached hydrogen (secondary N) is 1. The molecule has 0 aromatic carbocycles. The molecule has 0 aromatic rings. The maximum absolute atomic E-state index is 8.36. The lowest BCUT2D eigenvalue weighted by molar-refractivity contribution is -0.122. The van der Waals surface area contributed by atoms with E-state index in [-0.39, 0.29) is 23.1 Å². The molecule has 14 heavy (non-hydrogen) atoms. The first-order chi connectivity index (χ1) is 5.65. The van der Waals surface area contributed by atoms with Crippen molar-refractivity contribution in [1.82, 2.24) is 17.6 Å². The van der Waals surface area contributed by atoms with Crippen LogP contribution in [-0.2, 0) is 4.79 Å². The molecular weight excluding hydrogens is 224 g/mol. The Morgan fingerprint density at radius 2 is 1.64 bits per heavy atom. The van der Waals surface area contributed by atoms with Crippen molar-refractivity contribution in [3.8, 4) is 0 Å². The maximum atomic E-state index is 8.36. The number of carbonyl (C=O) groups is 1. The summed E-state index contributed by atoms with van der Waals surface area (Å²) in [6.07, 6.45) is 2.78. The molecule has 10 N–H and O–H groups in total. The lowest BCUT2D eigenvalue weighted by atomic mass is 10.4.